The van der Waals surface area contributed by atoms with E-state index in [1.54, 1.807) is 6.07 Å². The second kappa shape index (κ2) is 5.30. The third-order valence-electron chi connectivity index (χ3n) is 2.30. The molecular formula is C13H21FN2. The maximum Gasteiger partial charge on any atom is 0.125 e. The summed E-state index contributed by atoms with van der Waals surface area (Å²) in [7, 11) is 0. The fourth-order valence-electron chi connectivity index (χ4n) is 1.42. The van der Waals surface area contributed by atoms with Gasteiger partial charge in [-0.25, -0.2) is 4.39 Å². The molecule has 0 heterocycles. The normalized spacial score (nSPS) is 11.6. The highest BCUT2D eigenvalue weighted by Crippen LogP contribution is 2.15. The first-order valence-electron chi connectivity index (χ1n) is 5.63. The lowest BCUT2D eigenvalue weighted by molar-refractivity contribution is 0.435. The Morgan fingerprint density at radius 3 is 2.50 bits per heavy atom. The Bertz CT molecular complexity index is 342. The van der Waals surface area contributed by atoms with Crippen molar-refractivity contribution >= 4 is 5.69 Å². The number of rotatable bonds is 4. The quantitative estimate of drug-likeness (QED) is 0.768. The second-order valence-electron chi connectivity index (χ2n) is 5.06. The number of nitrogens with one attached hydrogen (secondary N) is 2. The van der Waals surface area contributed by atoms with Crippen molar-refractivity contribution in [3.8, 4) is 0 Å². The fraction of sp³-hybridized carbons (Fsp3) is 0.538. The molecule has 16 heavy (non-hydrogen) atoms. The minimum atomic E-state index is -0.197. The molecule has 0 saturated carbocycles. The van der Waals surface area contributed by atoms with Gasteiger partial charge in [0.1, 0.15) is 5.82 Å². The molecule has 0 spiro atoms. The summed E-state index contributed by atoms with van der Waals surface area (Å²) in [5.41, 5.74) is 2.06. The fourth-order valence-corrected chi connectivity index (χ4v) is 1.42. The van der Waals surface area contributed by atoms with Crippen molar-refractivity contribution in [2.24, 2.45) is 0 Å². The molecule has 0 atom stereocenters. The van der Waals surface area contributed by atoms with Gasteiger partial charge >= 0.3 is 0 Å². The van der Waals surface area contributed by atoms with Crippen molar-refractivity contribution in [1.82, 2.24) is 5.32 Å². The first-order chi connectivity index (χ1) is 7.38. The van der Waals surface area contributed by atoms with Crippen LogP contribution in [-0.2, 0) is 0 Å². The third-order valence-corrected chi connectivity index (χ3v) is 2.30. The summed E-state index contributed by atoms with van der Waals surface area (Å²) in [4.78, 5) is 0. The molecule has 1 rings (SSSR count). The van der Waals surface area contributed by atoms with Crippen LogP contribution in [0.15, 0.2) is 18.2 Å². The van der Waals surface area contributed by atoms with Crippen molar-refractivity contribution < 1.29 is 4.39 Å². The van der Waals surface area contributed by atoms with Gasteiger partial charge in [0.15, 0.2) is 0 Å². The number of benzene rings is 1. The highest BCUT2D eigenvalue weighted by molar-refractivity contribution is 5.50. The lowest BCUT2D eigenvalue weighted by Gasteiger charge is -2.21. The summed E-state index contributed by atoms with van der Waals surface area (Å²) in [6, 6.07) is 4.80. The van der Waals surface area contributed by atoms with Gasteiger partial charge in [-0.15, -0.1) is 0 Å². The van der Waals surface area contributed by atoms with Gasteiger partial charge in [0.2, 0.25) is 0 Å². The molecular weight excluding hydrogens is 203 g/mol. The first kappa shape index (κ1) is 13.0. The van der Waals surface area contributed by atoms with Gasteiger partial charge in [0.25, 0.3) is 0 Å². The number of halogens is 1. The molecule has 0 aliphatic carbocycles. The Labute approximate surface area is 97.3 Å². The van der Waals surface area contributed by atoms with E-state index in [1.165, 1.54) is 12.1 Å². The summed E-state index contributed by atoms with van der Waals surface area (Å²) < 4.78 is 13.0. The number of hydrogen-bond donors (Lipinski definition) is 2. The number of aryl methyl sites for hydroxylation is 1. The van der Waals surface area contributed by atoms with Gasteiger partial charge in [0, 0.05) is 24.3 Å². The lowest BCUT2D eigenvalue weighted by atomic mass is 10.1. The Morgan fingerprint density at radius 1 is 1.19 bits per heavy atom. The summed E-state index contributed by atoms with van der Waals surface area (Å²) >= 11 is 0. The lowest BCUT2D eigenvalue weighted by Crippen LogP contribution is -2.38. The van der Waals surface area contributed by atoms with E-state index in [0.29, 0.717) is 0 Å². The van der Waals surface area contributed by atoms with Crippen LogP contribution < -0.4 is 10.6 Å². The van der Waals surface area contributed by atoms with Gasteiger partial charge in [-0.05, 0) is 45.4 Å². The number of hydrogen-bond acceptors (Lipinski definition) is 2. The van der Waals surface area contributed by atoms with E-state index >= 15 is 0 Å². The van der Waals surface area contributed by atoms with E-state index in [-0.39, 0.29) is 11.4 Å². The van der Waals surface area contributed by atoms with Crippen LogP contribution in [0.1, 0.15) is 26.3 Å². The topological polar surface area (TPSA) is 24.1 Å². The molecule has 0 bridgehead atoms. The minimum Gasteiger partial charge on any atom is -0.383 e. The highest BCUT2D eigenvalue weighted by Gasteiger charge is 2.07. The molecule has 0 aliphatic heterocycles. The van der Waals surface area contributed by atoms with Crippen LogP contribution in [0, 0.1) is 12.7 Å². The van der Waals surface area contributed by atoms with Crippen molar-refractivity contribution in [2.75, 3.05) is 18.4 Å². The van der Waals surface area contributed by atoms with Crippen LogP contribution >= 0.6 is 0 Å². The molecule has 1 aromatic carbocycles. The van der Waals surface area contributed by atoms with Crippen molar-refractivity contribution in [3.05, 3.63) is 29.6 Å². The predicted molar refractivity (Wildman–Crippen MR) is 67.4 cm³/mol. The molecule has 3 heteroatoms. The minimum absolute atomic E-state index is 0.124. The number of anilines is 1. The van der Waals surface area contributed by atoms with E-state index in [4.69, 9.17) is 0 Å². The maximum atomic E-state index is 13.0. The van der Waals surface area contributed by atoms with Crippen LogP contribution in [0.2, 0.25) is 0 Å². The molecule has 0 radical (unpaired) electrons. The van der Waals surface area contributed by atoms with Crippen LogP contribution in [0.4, 0.5) is 10.1 Å². The van der Waals surface area contributed by atoms with Gasteiger partial charge in [-0.2, -0.15) is 0 Å². The molecule has 0 unspecified atom stereocenters. The summed E-state index contributed by atoms with van der Waals surface area (Å²) in [6.45, 7) is 10.0. The van der Waals surface area contributed by atoms with Gasteiger partial charge < -0.3 is 10.6 Å². The Hall–Kier alpha value is -1.09. The highest BCUT2D eigenvalue weighted by atomic mass is 19.1. The molecule has 1 aromatic rings. The van der Waals surface area contributed by atoms with Crippen molar-refractivity contribution in [2.45, 2.75) is 33.2 Å². The van der Waals surface area contributed by atoms with Gasteiger partial charge in [-0.3, -0.25) is 0 Å². The van der Waals surface area contributed by atoms with Gasteiger partial charge in [-0.1, -0.05) is 6.07 Å². The smallest absolute Gasteiger partial charge is 0.125 e. The maximum absolute atomic E-state index is 13.0. The van der Waals surface area contributed by atoms with Crippen LogP contribution in [0.3, 0.4) is 0 Å². The van der Waals surface area contributed by atoms with Crippen LogP contribution in [0.25, 0.3) is 0 Å². The van der Waals surface area contributed by atoms with E-state index in [0.717, 1.165) is 24.3 Å². The largest absolute Gasteiger partial charge is 0.383 e. The summed E-state index contributed by atoms with van der Waals surface area (Å²) in [6.07, 6.45) is 0. The summed E-state index contributed by atoms with van der Waals surface area (Å²) in [5.74, 6) is -0.197. The van der Waals surface area contributed by atoms with Crippen molar-refractivity contribution in [3.63, 3.8) is 0 Å². The molecule has 2 N–H and O–H groups in total. The van der Waals surface area contributed by atoms with Crippen LogP contribution in [0.5, 0.6) is 0 Å². The zero-order valence-corrected chi connectivity index (χ0v) is 10.5. The van der Waals surface area contributed by atoms with Crippen LogP contribution in [-0.4, -0.2) is 18.6 Å². The SMILES string of the molecule is Cc1ccc(F)cc1NCCNC(C)(C)C. The molecule has 0 amide bonds. The molecule has 90 valence electrons. The zero-order valence-electron chi connectivity index (χ0n) is 10.5. The molecule has 2 nitrogen and oxygen atoms in total. The predicted octanol–water partition coefficient (Wildman–Crippen LogP) is 2.93. The second-order valence-corrected chi connectivity index (χ2v) is 5.06. The molecule has 0 saturated heterocycles. The summed E-state index contributed by atoms with van der Waals surface area (Å²) in [5, 5.41) is 6.59. The van der Waals surface area contributed by atoms with E-state index in [9.17, 15) is 4.39 Å². The molecule has 0 aliphatic rings. The van der Waals surface area contributed by atoms with Crippen molar-refractivity contribution in [1.29, 1.82) is 0 Å². The zero-order chi connectivity index (χ0) is 12.2. The average Bonchev–Trinajstić information content (AvgIpc) is 2.16. The van der Waals surface area contributed by atoms with E-state index in [1.807, 2.05) is 6.92 Å². The molecule has 0 aromatic heterocycles. The average molecular weight is 224 g/mol. The molecule has 0 fully saturated rings. The standard InChI is InChI=1S/C13H21FN2/c1-10-5-6-11(14)9-12(10)15-7-8-16-13(2,3)4/h5-6,9,15-16H,7-8H2,1-4H3. The third kappa shape index (κ3) is 4.62. The van der Waals surface area contributed by atoms with Gasteiger partial charge in [0.05, 0.1) is 0 Å². The first-order valence-corrected chi connectivity index (χ1v) is 5.63. The monoisotopic (exact) mass is 224 g/mol. The Kier molecular flexibility index (Phi) is 4.30. The van der Waals surface area contributed by atoms with E-state index in [2.05, 4.69) is 31.4 Å². The van der Waals surface area contributed by atoms with E-state index < -0.39 is 0 Å². The Balaban J connectivity index is 2.40. The Morgan fingerprint density at radius 2 is 1.88 bits per heavy atom.